The highest BCUT2D eigenvalue weighted by Crippen LogP contribution is 2.27. The minimum Gasteiger partial charge on any atom is -0.443 e. The molecule has 1 aromatic heterocycles. The molecule has 0 aliphatic carbocycles. The van der Waals surface area contributed by atoms with Gasteiger partial charge in [0, 0.05) is 25.8 Å². The van der Waals surface area contributed by atoms with Crippen LogP contribution in [0.15, 0.2) is 29.0 Å². The third-order valence-electron chi connectivity index (χ3n) is 3.05. The quantitative estimate of drug-likeness (QED) is 0.811. The van der Waals surface area contributed by atoms with Gasteiger partial charge >= 0.3 is 0 Å². The number of hydrogen-bond donors (Lipinski definition) is 1. The molecule has 19 heavy (non-hydrogen) atoms. The fourth-order valence-electron chi connectivity index (χ4n) is 1.98. The summed E-state index contributed by atoms with van der Waals surface area (Å²) >= 11 is 0. The maximum atomic E-state index is 5.56. The number of ether oxygens (including phenoxy) is 1. The summed E-state index contributed by atoms with van der Waals surface area (Å²) in [5.41, 5.74) is 4.46. The van der Waals surface area contributed by atoms with E-state index in [9.17, 15) is 0 Å². The fourth-order valence-corrected chi connectivity index (χ4v) is 1.98. The summed E-state index contributed by atoms with van der Waals surface area (Å²) in [6, 6.07) is 6.34. The Bertz CT molecular complexity index is 535. The van der Waals surface area contributed by atoms with Gasteiger partial charge in [-0.25, -0.2) is 4.98 Å². The summed E-state index contributed by atoms with van der Waals surface area (Å²) in [4.78, 5) is 4.29. The van der Waals surface area contributed by atoms with E-state index in [1.165, 1.54) is 17.5 Å². The molecule has 0 aliphatic rings. The maximum absolute atomic E-state index is 5.56. The number of nitrogens with one attached hydrogen (secondary N) is 1. The normalized spacial score (nSPS) is 10.9. The molecule has 0 amide bonds. The number of hydrogen-bond acceptors (Lipinski definition) is 4. The second-order valence-electron chi connectivity index (χ2n) is 4.62. The topological polar surface area (TPSA) is 47.3 Å². The molecule has 0 saturated heterocycles. The molecule has 1 N–H and O–H groups in total. The third kappa shape index (κ3) is 3.43. The van der Waals surface area contributed by atoms with Crippen LogP contribution in [-0.2, 0) is 11.3 Å². The Labute approximate surface area is 113 Å². The summed E-state index contributed by atoms with van der Waals surface area (Å²) in [6.45, 7) is 6.34. The van der Waals surface area contributed by atoms with Crippen LogP contribution in [0.1, 0.15) is 16.8 Å². The molecular formula is C15H20N2O2. The Morgan fingerprint density at radius 2 is 2.16 bits per heavy atom. The highest BCUT2D eigenvalue weighted by Gasteiger charge is 2.12. The Morgan fingerprint density at radius 1 is 1.32 bits per heavy atom. The van der Waals surface area contributed by atoms with Crippen molar-refractivity contribution in [1.29, 1.82) is 0 Å². The zero-order chi connectivity index (χ0) is 13.7. The van der Waals surface area contributed by atoms with Crippen LogP contribution < -0.4 is 5.32 Å². The van der Waals surface area contributed by atoms with Gasteiger partial charge in [0.2, 0.25) is 0 Å². The smallest absolute Gasteiger partial charge is 0.181 e. The van der Waals surface area contributed by atoms with Crippen LogP contribution in [0.4, 0.5) is 0 Å². The zero-order valence-corrected chi connectivity index (χ0v) is 11.7. The Balaban J connectivity index is 2.16. The van der Waals surface area contributed by atoms with Crippen LogP contribution >= 0.6 is 0 Å². The summed E-state index contributed by atoms with van der Waals surface area (Å²) in [7, 11) is 1.69. The van der Waals surface area contributed by atoms with E-state index >= 15 is 0 Å². The number of methoxy groups -OCH3 is 1. The summed E-state index contributed by atoms with van der Waals surface area (Å²) < 4.78 is 10.6. The zero-order valence-electron chi connectivity index (χ0n) is 11.7. The maximum Gasteiger partial charge on any atom is 0.181 e. The van der Waals surface area contributed by atoms with E-state index in [0.717, 1.165) is 23.6 Å². The van der Waals surface area contributed by atoms with Gasteiger partial charge < -0.3 is 14.5 Å². The van der Waals surface area contributed by atoms with E-state index in [1.54, 1.807) is 7.11 Å². The van der Waals surface area contributed by atoms with Crippen LogP contribution in [0.5, 0.6) is 0 Å². The molecule has 4 nitrogen and oxygen atoms in total. The predicted octanol–water partition coefficient (Wildman–Crippen LogP) is 2.69. The van der Waals surface area contributed by atoms with E-state index in [1.807, 2.05) is 0 Å². The van der Waals surface area contributed by atoms with E-state index in [2.05, 4.69) is 42.3 Å². The SMILES string of the molecule is COCCNCc1ncoc1-c1cc(C)ccc1C. The van der Waals surface area contributed by atoms with Crippen molar-refractivity contribution in [2.75, 3.05) is 20.3 Å². The lowest BCUT2D eigenvalue weighted by atomic mass is 10.0. The Kier molecular flexibility index (Phi) is 4.71. The van der Waals surface area contributed by atoms with Gasteiger partial charge in [-0.2, -0.15) is 0 Å². The molecule has 0 fully saturated rings. The van der Waals surface area contributed by atoms with E-state index in [-0.39, 0.29) is 0 Å². The number of rotatable bonds is 6. The molecular weight excluding hydrogens is 240 g/mol. The van der Waals surface area contributed by atoms with E-state index in [4.69, 9.17) is 9.15 Å². The van der Waals surface area contributed by atoms with Crippen LogP contribution in [0, 0.1) is 13.8 Å². The molecule has 4 heteroatoms. The van der Waals surface area contributed by atoms with Crippen LogP contribution in [-0.4, -0.2) is 25.2 Å². The predicted molar refractivity (Wildman–Crippen MR) is 75.0 cm³/mol. The first kappa shape index (κ1) is 13.8. The Morgan fingerprint density at radius 3 is 2.95 bits per heavy atom. The minimum atomic E-state index is 0.683. The molecule has 1 aromatic carbocycles. The molecule has 2 aromatic rings. The van der Waals surface area contributed by atoms with Crippen molar-refractivity contribution in [3.63, 3.8) is 0 Å². The number of benzene rings is 1. The van der Waals surface area contributed by atoms with Gasteiger partial charge in [0.1, 0.15) is 5.69 Å². The molecule has 0 spiro atoms. The van der Waals surface area contributed by atoms with Gasteiger partial charge in [0.25, 0.3) is 0 Å². The second-order valence-corrected chi connectivity index (χ2v) is 4.62. The van der Waals surface area contributed by atoms with Crippen molar-refractivity contribution in [3.05, 3.63) is 41.4 Å². The highest BCUT2D eigenvalue weighted by molar-refractivity contribution is 5.64. The van der Waals surface area contributed by atoms with Crippen LogP contribution in [0.2, 0.25) is 0 Å². The summed E-state index contributed by atoms with van der Waals surface area (Å²) in [6.07, 6.45) is 1.50. The van der Waals surface area contributed by atoms with Gasteiger partial charge in [0.15, 0.2) is 12.2 Å². The summed E-state index contributed by atoms with van der Waals surface area (Å²) in [5.74, 6) is 0.853. The highest BCUT2D eigenvalue weighted by atomic mass is 16.5. The standard InChI is InChI=1S/C15H20N2O2/c1-11-4-5-12(2)13(8-11)15-14(17-10-19-15)9-16-6-7-18-3/h4-5,8,10,16H,6-7,9H2,1-3H3. The van der Waals surface area contributed by atoms with Crippen molar-refractivity contribution in [2.45, 2.75) is 20.4 Å². The number of aromatic nitrogens is 1. The van der Waals surface area contributed by atoms with Gasteiger partial charge in [-0.3, -0.25) is 0 Å². The average molecular weight is 260 g/mol. The van der Waals surface area contributed by atoms with Crippen molar-refractivity contribution in [2.24, 2.45) is 0 Å². The fraction of sp³-hybridized carbons (Fsp3) is 0.400. The molecule has 2 rings (SSSR count). The van der Waals surface area contributed by atoms with Crippen LogP contribution in [0.25, 0.3) is 11.3 Å². The van der Waals surface area contributed by atoms with Gasteiger partial charge in [-0.1, -0.05) is 17.7 Å². The van der Waals surface area contributed by atoms with Crippen molar-refractivity contribution in [1.82, 2.24) is 10.3 Å². The number of oxazole rings is 1. The molecule has 0 aliphatic heterocycles. The first-order chi connectivity index (χ1) is 9.22. The lowest BCUT2D eigenvalue weighted by molar-refractivity contribution is 0.199. The van der Waals surface area contributed by atoms with Gasteiger partial charge in [-0.15, -0.1) is 0 Å². The van der Waals surface area contributed by atoms with Crippen molar-refractivity contribution < 1.29 is 9.15 Å². The third-order valence-corrected chi connectivity index (χ3v) is 3.05. The number of aryl methyl sites for hydroxylation is 2. The summed E-state index contributed by atoms with van der Waals surface area (Å²) in [5, 5.41) is 3.29. The molecule has 0 bridgehead atoms. The molecule has 1 heterocycles. The molecule has 0 saturated carbocycles. The molecule has 0 unspecified atom stereocenters. The van der Waals surface area contributed by atoms with Crippen LogP contribution in [0.3, 0.4) is 0 Å². The second kappa shape index (κ2) is 6.50. The monoisotopic (exact) mass is 260 g/mol. The van der Waals surface area contributed by atoms with Crippen molar-refractivity contribution >= 4 is 0 Å². The number of nitrogens with zero attached hydrogens (tertiary/aromatic N) is 1. The van der Waals surface area contributed by atoms with E-state index < -0.39 is 0 Å². The molecule has 102 valence electrons. The van der Waals surface area contributed by atoms with Gasteiger partial charge in [0.05, 0.1) is 6.61 Å². The first-order valence-electron chi connectivity index (χ1n) is 6.42. The minimum absolute atomic E-state index is 0.683. The lowest BCUT2D eigenvalue weighted by Gasteiger charge is -2.07. The van der Waals surface area contributed by atoms with Gasteiger partial charge in [-0.05, 0) is 25.5 Å². The first-order valence-corrected chi connectivity index (χ1v) is 6.42. The largest absolute Gasteiger partial charge is 0.443 e. The van der Waals surface area contributed by atoms with E-state index in [0.29, 0.717) is 13.2 Å². The molecule has 0 radical (unpaired) electrons. The lowest BCUT2D eigenvalue weighted by Crippen LogP contribution is -2.19. The molecule has 0 atom stereocenters. The van der Waals surface area contributed by atoms with Crippen molar-refractivity contribution in [3.8, 4) is 11.3 Å². The Hall–Kier alpha value is -1.65. The average Bonchev–Trinajstić information content (AvgIpc) is 2.86.